The van der Waals surface area contributed by atoms with E-state index in [9.17, 15) is 0 Å². The minimum absolute atomic E-state index is 1.26. The summed E-state index contributed by atoms with van der Waals surface area (Å²) in [6, 6.07) is 38.4. The van der Waals surface area contributed by atoms with Crippen molar-refractivity contribution in [2.75, 3.05) is 0 Å². The maximum atomic E-state index is 2.20. The molecular formula is C24H18S2. The van der Waals surface area contributed by atoms with Crippen LogP contribution in [-0.2, 0) is 0 Å². The molecule has 26 heavy (non-hydrogen) atoms. The predicted molar refractivity (Wildman–Crippen MR) is 115 cm³/mol. The lowest BCUT2D eigenvalue weighted by Crippen LogP contribution is -1.82. The van der Waals surface area contributed by atoms with Crippen LogP contribution in [-0.4, -0.2) is 0 Å². The second-order valence-corrected chi connectivity index (χ2v) is 8.10. The van der Waals surface area contributed by atoms with E-state index >= 15 is 0 Å². The molecule has 0 spiro atoms. The van der Waals surface area contributed by atoms with Gasteiger partial charge in [-0.15, -0.1) is 0 Å². The first-order valence-electron chi connectivity index (χ1n) is 8.55. The molecule has 0 aliphatic rings. The summed E-state index contributed by atoms with van der Waals surface area (Å²) in [4.78, 5) is 2.57. The molecule has 0 aromatic heterocycles. The zero-order valence-electron chi connectivity index (χ0n) is 14.2. The maximum Gasteiger partial charge on any atom is 0.0264 e. The molecule has 0 atom stereocenters. The second-order valence-electron chi connectivity index (χ2n) is 5.89. The molecule has 2 heteroatoms. The van der Waals surface area contributed by atoms with Gasteiger partial charge in [-0.25, -0.2) is 0 Å². The first-order chi connectivity index (χ1) is 12.9. The molecule has 0 saturated carbocycles. The van der Waals surface area contributed by atoms with Crippen LogP contribution in [0.3, 0.4) is 0 Å². The van der Waals surface area contributed by atoms with Crippen molar-refractivity contribution >= 4 is 21.6 Å². The van der Waals surface area contributed by atoms with Gasteiger partial charge < -0.3 is 0 Å². The standard InChI is InChI=1S/C24H18S2/c1-3-11-19(12-4-1)21-15-7-9-17-23(21)25-26-24-18-10-8-16-22(24)20-13-5-2-6-14-20/h1-18H. The smallest absolute Gasteiger partial charge is 0.0264 e. The van der Waals surface area contributed by atoms with Crippen LogP contribution in [0.1, 0.15) is 0 Å². The molecule has 0 nitrogen and oxygen atoms in total. The Hall–Kier alpha value is -2.42. The molecule has 0 aliphatic carbocycles. The Morgan fingerprint density at radius 2 is 0.692 bits per heavy atom. The first-order valence-corrected chi connectivity index (χ1v) is 10.7. The number of rotatable bonds is 5. The summed E-state index contributed by atoms with van der Waals surface area (Å²) in [6.45, 7) is 0. The lowest BCUT2D eigenvalue weighted by Gasteiger charge is -2.11. The van der Waals surface area contributed by atoms with E-state index in [0.29, 0.717) is 0 Å². The number of hydrogen-bond acceptors (Lipinski definition) is 2. The third-order valence-electron chi connectivity index (χ3n) is 4.16. The summed E-state index contributed by atoms with van der Waals surface area (Å²) in [5.74, 6) is 0. The van der Waals surface area contributed by atoms with Gasteiger partial charge >= 0.3 is 0 Å². The molecule has 0 radical (unpaired) electrons. The van der Waals surface area contributed by atoms with Gasteiger partial charge in [-0.05, 0) is 34.4 Å². The average molecular weight is 371 g/mol. The molecule has 0 amide bonds. The van der Waals surface area contributed by atoms with Crippen molar-refractivity contribution in [3.63, 3.8) is 0 Å². The molecule has 0 fully saturated rings. The highest BCUT2D eigenvalue weighted by Gasteiger charge is 2.09. The van der Waals surface area contributed by atoms with E-state index < -0.39 is 0 Å². The second kappa shape index (κ2) is 8.31. The van der Waals surface area contributed by atoms with Gasteiger partial charge in [0.1, 0.15) is 0 Å². The van der Waals surface area contributed by atoms with Crippen molar-refractivity contribution in [1.29, 1.82) is 0 Å². The van der Waals surface area contributed by atoms with Gasteiger partial charge in [0.05, 0.1) is 0 Å². The summed E-state index contributed by atoms with van der Waals surface area (Å²) >= 11 is 0. The Bertz CT molecular complexity index is 896. The molecule has 0 N–H and O–H groups in total. The molecule has 4 aromatic carbocycles. The van der Waals surface area contributed by atoms with Crippen LogP contribution in [0.5, 0.6) is 0 Å². The van der Waals surface area contributed by atoms with Crippen molar-refractivity contribution in [2.45, 2.75) is 9.79 Å². The van der Waals surface area contributed by atoms with E-state index in [4.69, 9.17) is 0 Å². The fourth-order valence-corrected chi connectivity index (χ4v) is 5.29. The zero-order chi connectivity index (χ0) is 17.6. The van der Waals surface area contributed by atoms with E-state index in [1.165, 1.54) is 32.0 Å². The monoisotopic (exact) mass is 370 g/mol. The van der Waals surface area contributed by atoms with Crippen LogP contribution < -0.4 is 0 Å². The van der Waals surface area contributed by atoms with Crippen LogP contribution >= 0.6 is 21.6 Å². The van der Waals surface area contributed by atoms with Crippen molar-refractivity contribution < 1.29 is 0 Å². The maximum absolute atomic E-state index is 2.20. The SMILES string of the molecule is c1ccc(-c2ccccc2SSc2ccccc2-c2ccccc2)cc1. The fourth-order valence-electron chi connectivity index (χ4n) is 2.88. The fraction of sp³-hybridized carbons (Fsp3) is 0. The largest absolute Gasteiger partial charge is 0.0622 e. The summed E-state index contributed by atoms with van der Waals surface area (Å²) in [6.07, 6.45) is 0. The van der Waals surface area contributed by atoms with Crippen molar-refractivity contribution in [2.24, 2.45) is 0 Å². The highest BCUT2D eigenvalue weighted by Crippen LogP contribution is 2.44. The molecule has 0 saturated heterocycles. The molecule has 0 aliphatic heterocycles. The summed E-state index contributed by atoms with van der Waals surface area (Å²) < 4.78 is 0. The van der Waals surface area contributed by atoms with Gasteiger partial charge in [-0.2, -0.15) is 0 Å². The van der Waals surface area contributed by atoms with Crippen LogP contribution in [0.2, 0.25) is 0 Å². The van der Waals surface area contributed by atoms with Crippen LogP contribution in [0.25, 0.3) is 22.3 Å². The number of hydrogen-bond donors (Lipinski definition) is 0. The van der Waals surface area contributed by atoms with Gasteiger partial charge in [0.2, 0.25) is 0 Å². The zero-order valence-corrected chi connectivity index (χ0v) is 15.8. The van der Waals surface area contributed by atoms with Gasteiger partial charge in [0, 0.05) is 9.79 Å². The Balaban J connectivity index is 1.62. The first kappa shape index (κ1) is 17.0. The van der Waals surface area contributed by atoms with Crippen molar-refractivity contribution in [3.05, 3.63) is 109 Å². The van der Waals surface area contributed by atoms with Gasteiger partial charge in [0.15, 0.2) is 0 Å². The number of benzene rings is 4. The van der Waals surface area contributed by atoms with E-state index in [2.05, 4.69) is 109 Å². The third kappa shape index (κ3) is 3.87. The quantitative estimate of drug-likeness (QED) is 0.328. The molecular weight excluding hydrogens is 352 g/mol. The van der Waals surface area contributed by atoms with Crippen LogP contribution in [0, 0.1) is 0 Å². The summed E-state index contributed by atoms with van der Waals surface area (Å²) in [7, 11) is 3.64. The minimum atomic E-state index is 1.26. The Kier molecular flexibility index (Phi) is 5.44. The minimum Gasteiger partial charge on any atom is -0.0622 e. The lowest BCUT2D eigenvalue weighted by atomic mass is 10.1. The molecule has 4 rings (SSSR count). The Morgan fingerprint density at radius 3 is 1.12 bits per heavy atom. The Labute approximate surface area is 162 Å². The molecule has 4 aromatic rings. The summed E-state index contributed by atoms with van der Waals surface area (Å²) in [5, 5.41) is 0. The van der Waals surface area contributed by atoms with E-state index in [-0.39, 0.29) is 0 Å². The van der Waals surface area contributed by atoms with Gasteiger partial charge in [0.25, 0.3) is 0 Å². The van der Waals surface area contributed by atoms with E-state index in [0.717, 1.165) is 0 Å². The van der Waals surface area contributed by atoms with Crippen molar-refractivity contribution in [1.82, 2.24) is 0 Å². The van der Waals surface area contributed by atoms with Gasteiger partial charge in [-0.1, -0.05) is 119 Å². The van der Waals surface area contributed by atoms with E-state index in [1.54, 1.807) is 0 Å². The topological polar surface area (TPSA) is 0 Å². The van der Waals surface area contributed by atoms with Crippen molar-refractivity contribution in [3.8, 4) is 22.3 Å². The van der Waals surface area contributed by atoms with Gasteiger partial charge in [-0.3, -0.25) is 0 Å². The predicted octanol–water partition coefficient (Wildman–Crippen LogP) is 7.82. The summed E-state index contributed by atoms with van der Waals surface area (Å²) in [5.41, 5.74) is 5.07. The third-order valence-corrected chi connectivity index (χ3v) is 6.65. The highest BCUT2D eigenvalue weighted by atomic mass is 33.1. The van der Waals surface area contributed by atoms with Crippen LogP contribution in [0.15, 0.2) is 119 Å². The molecule has 0 heterocycles. The molecule has 0 bridgehead atoms. The normalized spacial score (nSPS) is 10.6. The Morgan fingerprint density at radius 1 is 0.346 bits per heavy atom. The average Bonchev–Trinajstić information content (AvgIpc) is 2.74. The lowest BCUT2D eigenvalue weighted by molar-refractivity contribution is 1.45. The van der Waals surface area contributed by atoms with Crippen LogP contribution in [0.4, 0.5) is 0 Å². The van der Waals surface area contributed by atoms with E-state index in [1.807, 2.05) is 21.6 Å². The molecule has 0 unspecified atom stereocenters. The highest BCUT2D eigenvalue weighted by molar-refractivity contribution is 8.76. The molecule has 126 valence electrons.